The van der Waals surface area contributed by atoms with Gasteiger partial charge >= 0.3 is 6.09 Å². The van der Waals surface area contributed by atoms with E-state index in [1.807, 2.05) is 0 Å². The Morgan fingerprint density at radius 1 is 0.906 bits per heavy atom. The maximum atomic E-state index is 11.4. The number of nitrogens with one attached hydrogen (secondary N) is 2. The van der Waals surface area contributed by atoms with Gasteiger partial charge in [-0.25, -0.2) is 4.79 Å². The number of hydrogen-bond acceptors (Lipinski definition) is 10. The molecule has 0 spiro atoms. The van der Waals surface area contributed by atoms with E-state index < -0.39 is 48.9 Å². The summed E-state index contributed by atoms with van der Waals surface area (Å²) in [5, 5.41) is 44.0. The summed E-state index contributed by atoms with van der Waals surface area (Å²) < 4.78 is 20.8. The molecule has 11 nitrogen and oxygen atoms in total. The normalized spacial score (nSPS) is 24.7. The second-order valence-electron chi connectivity index (χ2n) is 7.36. The van der Waals surface area contributed by atoms with Crippen LogP contribution in [0.3, 0.4) is 0 Å². The van der Waals surface area contributed by atoms with Crippen molar-refractivity contribution in [3.63, 3.8) is 0 Å². The average molecular weight is 1320 g/mol. The van der Waals surface area contributed by atoms with E-state index in [0.29, 0.717) is 32.9 Å². The van der Waals surface area contributed by atoms with Crippen LogP contribution in [0.2, 0.25) is 0 Å². The number of ether oxygens (including phenoxy) is 4. The number of amides is 1. The van der Waals surface area contributed by atoms with Gasteiger partial charge in [-0.3, -0.25) is 0 Å². The van der Waals surface area contributed by atoms with Crippen LogP contribution < -0.4 is 10.6 Å². The number of aliphatic hydroxyl groups excluding tert-OH is 4. The molecule has 1 saturated heterocycles. The Hall–Kier alpha value is 4.72. The van der Waals surface area contributed by atoms with Crippen LogP contribution in [0.4, 0.5) is 4.79 Å². The molecule has 1 unspecified atom stereocenters. The Labute approximate surface area is 333 Å². The zero-order valence-corrected chi connectivity index (χ0v) is 38.0. The third kappa shape index (κ3) is 19.7. The van der Waals surface area contributed by atoms with Crippen molar-refractivity contribution in [1.29, 1.82) is 0 Å². The first-order chi connectivity index (χ1) is 13.2. The first kappa shape index (κ1) is 43.8. The Bertz CT molecular complexity index is 464. The number of carbonyl (C=O) groups is 1. The maximum absolute atomic E-state index is 11.4. The summed E-state index contributed by atoms with van der Waals surface area (Å²) >= 11 is 0. The van der Waals surface area contributed by atoms with Crippen molar-refractivity contribution in [3.8, 4) is 0 Å². The smallest absolute Gasteiger partial charge is 0.407 e. The molecule has 1 rings (SSSR count). The molecule has 1 aliphatic heterocycles. The minimum absolute atomic E-state index is 0. The molecule has 5 atom stereocenters. The summed E-state index contributed by atoms with van der Waals surface area (Å²) in [4.78, 5) is 11.4. The second-order valence-corrected chi connectivity index (χ2v) is 7.36. The van der Waals surface area contributed by atoms with E-state index in [4.69, 9.17) is 24.1 Å². The molecular weight excluding hydrogens is 1280 g/mol. The van der Waals surface area contributed by atoms with Crippen LogP contribution >= 0.6 is 0 Å². The van der Waals surface area contributed by atoms with Crippen LogP contribution in [0.25, 0.3) is 0 Å². The van der Waals surface area contributed by atoms with Crippen LogP contribution in [0, 0.1) is 176 Å². The molecule has 0 aromatic heterocycles. The molecule has 1 amide bonds. The van der Waals surface area contributed by atoms with Crippen molar-refractivity contribution in [3.05, 3.63) is 0 Å². The Morgan fingerprint density at radius 2 is 1.44 bits per heavy atom. The van der Waals surface area contributed by atoms with Crippen molar-refractivity contribution < 1.29 is 220 Å². The number of rotatable bonds is 11. The van der Waals surface area contributed by atoms with Crippen LogP contribution in [-0.2, 0) is 18.9 Å². The van der Waals surface area contributed by atoms with Crippen LogP contribution in [0.15, 0.2) is 0 Å². The molecule has 1 aliphatic rings. The summed E-state index contributed by atoms with van der Waals surface area (Å²) in [5.74, 6) is 0. The fraction of sp³-hybridized carbons (Fsp3) is 0.941. The molecular formula is C17H34Ac4N2O9. The van der Waals surface area contributed by atoms with Gasteiger partial charge in [0.2, 0.25) is 0 Å². The van der Waals surface area contributed by atoms with E-state index in [2.05, 4.69) is 10.6 Å². The molecule has 4 radical (unpaired) electrons. The number of alkyl carbamates (subject to hydrolysis) is 1. The molecule has 0 aromatic carbocycles. The summed E-state index contributed by atoms with van der Waals surface area (Å²) in [6.07, 6.45) is -5.45. The molecule has 0 bridgehead atoms. The fourth-order valence-corrected chi connectivity index (χ4v) is 2.48. The molecule has 0 saturated carbocycles. The van der Waals surface area contributed by atoms with E-state index in [1.165, 1.54) is 0 Å². The minimum atomic E-state index is -1.35. The Morgan fingerprint density at radius 3 is 1.94 bits per heavy atom. The van der Waals surface area contributed by atoms with Crippen LogP contribution in [-0.4, -0.2) is 109 Å². The third-order valence-electron chi connectivity index (χ3n) is 3.81. The van der Waals surface area contributed by atoms with Crippen molar-refractivity contribution in [1.82, 2.24) is 10.6 Å². The summed E-state index contributed by atoms with van der Waals surface area (Å²) in [5.41, 5.74) is -0.540. The van der Waals surface area contributed by atoms with E-state index in [0.717, 1.165) is 0 Å². The number of carbonyl (C=O) groups excluding carboxylic acids is 1. The molecule has 0 aromatic rings. The molecule has 32 heavy (non-hydrogen) atoms. The van der Waals surface area contributed by atoms with Gasteiger partial charge in [0, 0.05) is 189 Å². The molecule has 6 N–H and O–H groups in total. The zero-order chi connectivity index (χ0) is 21.2. The van der Waals surface area contributed by atoms with Gasteiger partial charge in [-0.2, -0.15) is 0 Å². The SMILES string of the molecule is CC(C)(C)OC(=O)NCCOCCOCCN[C@H]1C(O)O[C@H](CO)[C@@H](O)[C@@H]1O.[Ac].[Ac].[Ac].[Ac]. The number of hydrogen-bond donors (Lipinski definition) is 6. The largest absolute Gasteiger partial charge is 0.444 e. The fourth-order valence-electron chi connectivity index (χ4n) is 2.48. The van der Waals surface area contributed by atoms with Crippen LogP contribution in [0.1, 0.15) is 20.8 Å². The first-order valence-corrected chi connectivity index (χ1v) is 9.32. The molecule has 178 valence electrons. The first-order valence-electron chi connectivity index (χ1n) is 9.32. The van der Waals surface area contributed by atoms with Gasteiger partial charge in [-0.1, -0.05) is 0 Å². The standard InChI is InChI=1S/C17H34N2O9.4Ac/c1-17(2,3)28-16(24)19-5-7-26-9-8-25-6-4-18-12-14(22)13(21)11(10-20)27-15(12)23;;;;/h11-15,18,20-23H,4-10H2,1-3H3,(H,19,24);;;;/t11-,12-,13-,14-,15?;;;;/m1..../s1. The Balaban J connectivity index is -0.000000980. The summed E-state index contributed by atoms with van der Waals surface area (Å²) in [6, 6.07) is -0.892. The van der Waals surface area contributed by atoms with Gasteiger partial charge in [0.15, 0.2) is 6.29 Å². The summed E-state index contributed by atoms with van der Waals surface area (Å²) in [7, 11) is 0. The molecule has 1 heterocycles. The minimum Gasteiger partial charge on any atom is -0.444 e. The molecule has 15 heteroatoms. The number of aliphatic hydroxyl groups is 4. The van der Waals surface area contributed by atoms with Gasteiger partial charge in [-0.15, -0.1) is 0 Å². The van der Waals surface area contributed by atoms with Gasteiger partial charge in [0.25, 0.3) is 0 Å². The van der Waals surface area contributed by atoms with Crippen molar-refractivity contribution in [2.24, 2.45) is 0 Å². The van der Waals surface area contributed by atoms with Gasteiger partial charge < -0.3 is 50.0 Å². The van der Waals surface area contributed by atoms with Gasteiger partial charge in [0.05, 0.1) is 39.1 Å². The topological polar surface area (TPSA) is 159 Å². The monoisotopic (exact) mass is 1320 g/mol. The van der Waals surface area contributed by atoms with Crippen molar-refractivity contribution >= 4 is 6.09 Å². The second kappa shape index (κ2) is 24.7. The van der Waals surface area contributed by atoms with Crippen LogP contribution in [0.5, 0.6) is 0 Å². The zero-order valence-electron chi connectivity index (χ0n) is 19.0. The molecule has 1 fully saturated rings. The average Bonchev–Trinajstić information content (AvgIpc) is 2.60. The van der Waals surface area contributed by atoms with E-state index in [1.54, 1.807) is 20.8 Å². The van der Waals surface area contributed by atoms with Gasteiger partial charge in [0.1, 0.15) is 23.9 Å². The van der Waals surface area contributed by atoms with Gasteiger partial charge in [-0.05, 0) is 20.8 Å². The van der Waals surface area contributed by atoms with Crippen molar-refractivity contribution in [2.45, 2.75) is 57.0 Å². The van der Waals surface area contributed by atoms with E-state index >= 15 is 0 Å². The predicted molar refractivity (Wildman–Crippen MR) is 97.6 cm³/mol. The van der Waals surface area contributed by atoms with Crippen molar-refractivity contribution in [2.75, 3.05) is 46.1 Å². The van der Waals surface area contributed by atoms with E-state index in [9.17, 15) is 20.1 Å². The molecule has 0 aliphatic carbocycles. The predicted octanol–water partition coefficient (Wildman–Crippen LogP) is -2.07. The van der Waals surface area contributed by atoms with E-state index in [-0.39, 0.29) is 183 Å². The Kier molecular flexibility index (Phi) is 33.8. The summed E-state index contributed by atoms with van der Waals surface area (Å²) in [6.45, 7) is 6.75. The quantitative estimate of drug-likeness (QED) is 0.127. The maximum Gasteiger partial charge on any atom is 0.407 e. The third-order valence-corrected chi connectivity index (χ3v) is 3.81.